The van der Waals surface area contributed by atoms with E-state index in [2.05, 4.69) is 18.6 Å². The lowest BCUT2D eigenvalue weighted by Gasteiger charge is -2.29. The van der Waals surface area contributed by atoms with E-state index in [-0.39, 0.29) is 0 Å². The van der Waals surface area contributed by atoms with E-state index in [0.717, 1.165) is 38.5 Å². The van der Waals surface area contributed by atoms with Gasteiger partial charge in [0.2, 0.25) is 0 Å². The third-order valence-corrected chi connectivity index (χ3v) is 4.28. The fraction of sp³-hybridized carbons (Fsp3) is 0.882. The van der Waals surface area contributed by atoms with Gasteiger partial charge in [-0.25, -0.2) is 9.59 Å². The summed E-state index contributed by atoms with van der Waals surface area (Å²) in [5.74, 6) is 0.371. The predicted molar refractivity (Wildman–Crippen MR) is 85.3 cm³/mol. The third kappa shape index (κ3) is 7.57. The highest BCUT2D eigenvalue weighted by Gasteiger charge is 2.32. The minimum Gasteiger partial charge on any atom is -0.438 e. The zero-order valence-corrected chi connectivity index (χ0v) is 14.5. The van der Waals surface area contributed by atoms with Crippen LogP contribution in [0.15, 0.2) is 0 Å². The predicted octanol–water partition coefficient (Wildman–Crippen LogP) is 4.45. The van der Waals surface area contributed by atoms with Gasteiger partial charge in [0.05, 0.1) is 13.7 Å². The average molecular weight is 330 g/mol. The zero-order valence-electron chi connectivity index (χ0n) is 14.5. The number of unbranched alkanes of at least 4 members (excludes halogenated alkanes) is 1. The summed E-state index contributed by atoms with van der Waals surface area (Å²) in [6.07, 6.45) is 5.18. The first-order valence-corrected chi connectivity index (χ1v) is 8.68. The molecule has 3 atom stereocenters. The lowest BCUT2D eigenvalue weighted by molar-refractivity contribution is -0.0699. The quantitative estimate of drug-likeness (QED) is 0.612. The van der Waals surface area contributed by atoms with Crippen molar-refractivity contribution in [3.8, 4) is 0 Å². The van der Waals surface area contributed by atoms with Crippen molar-refractivity contribution < 1.29 is 28.5 Å². The van der Waals surface area contributed by atoms with Crippen LogP contribution in [0.2, 0.25) is 0 Å². The Morgan fingerprint density at radius 3 is 2.17 bits per heavy atom. The lowest BCUT2D eigenvalue weighted by Crippen LogP contribution is -2.38. The number of hydrogen-bond acceptors (Lipinski definition) is 6. The molecule has 0 aromatic rings. The van der Waals surface area contributed by atoms with Crippen LogP contribution in [0.5, 0.6) is 0 Å². The summed E-state index contributed by atoms with van der Waals surface area (Å²) in [7, 11) is 1.26. The van der Waals surface area contributed by atoms with Gasteiger partial charge in [-0.1, -0.05) is 33.1 Å². The maximum atomic E-state index is 11.9. The molecule has 3 unspecified atom stereocenters. The molecule has 0 aliphatic heterocycles. The molecule has 1 aliphatic rings. The molecule has 0 heterocycles. The Kier molecular flexibility index (Phi) is 9.48. The van der Waals surface area contributed by atoms with Gasteiger partial charge in [0.15, 0.2) is 0 Å². The number of rotatable bonds is 8. The molecule has 0 aromatic carbocycles. The molecule has 0 aromatic heterocycles. The van der Waals surface area contributed by atoms with Crippen LogP contribution in [-0.2, 0) is 18.9 Å². The molecule has 0 bridgehead atoms. The Hall–Kier alpha value is -1.46. The Morgan fingerprint density at radius 2 is 1.65 bits per heavy atom. The molecule has 6 nitrogen and oxygen atoms in total. The van der Waals surface area contributed by atoms with Crippen LogP contribution >= 0.6 is 0 Å². The first-order valence-electron chi connectivity index (χ1n) is 8.68. The van der Waals surface area contributed by atoms with Crippen molar-refractivity contribution in [2.75, 3.05) is 13.7 Å². The molecule has 6 heteroatoms. The monoisotopic (exact) mass is 330 g/mol. The molecule has 1 fully saturated rings. The molecule has 1 saturated carbocycles. The summed E-state index contributed by atoms with van der Waals surface area (Å²) in [4.78, 5) is 23.1. The van der Waals surface area contributed by atoms with Gasteiger partial charge in [-0.15, -0.1) is 0 Å². The summed E-state index contributed by atoms with van der Waals surface area (Å²) in [6.45, 7) is 4.62. The second-order valence-corrected chi connectivity index (χ2v) is 6.03. The number of hydrogen-bond donors (Lipinski definition) is 0. The molecule has 23 heavy (non-hydrogen) atoms. The van der Waals surface area contributed by atoms with Crippen LogP contribution in [0.1, 0.15) is 65.2 Å². The van der Waals surface area contributed by atoms with Crippen molar-refractivity contribution in [3.05, 3.63) is 0 Å². The molecule has 0 amide bonds. The number of methoxy groups -OCH3 is 1. The smallest absolute Gasteiger partial charge is 0.438 e. The molecular weight excluding hydrogens is 300 g/mol. The van der Waals surface area contributed by atoms with Crippen molar-refractivity contribution in [2.45, 2.75) is 77.4 Å². The second-order valence-electron chi connectivity index (χ2n) is 6.03. The maximum absolute atomic E-state index is 11.9. The van der Waals surface area contributed by atoms with E-state index in [1.165, 1.54) is 7.11 Å². The largest absolute Gasteiger partial charge is 0.508 e. The SMILES string of the molecule is CCCCC(CC)COC(=O)OC1CCCCC1OC(=O)OC. The van der Waals surface area contributed by atoms with Crippen LogP contribution in [0.25, 0.3) is 0 Å². The molecular formula is C17H30O6. The minimum atomic E-state index is -0.746. The fourth-order valence-electron chi connectivity index (χ4n) is 2.75. The third-order valence-electron chi connectivity index (χ3n) is 4.28. The van der Waals surface area contributed by atoms with Crippen LogP contribution in [0, 0.1) is 5.92 Å². The fourth-order valence-corrected chi connectivity index (χ4v) is 2.75. The van der Waals surface area contributed by atoms with Crippen molar-refractivity contribution >= 4 is 12.3 Å². The van der Waals surface area contributed by atoms with Crippen molar-refractivity contribution in [3.63, 3.8) is 0 Å². The number of carbonyl (C=O) groups excluding carboxylic acids is 2. The van der Waals surface area contributed by atoms with Crippen LogP contribution < -0.4 is 0 Å². The molecule has 0 spiro atoms. The molecule has 1 rings (SSSR count). The summed E-state index contributed by atoms with van der Waals surface area (Å²) in [5, 5.41) is 0. The average Bonchev–Trinajstić information content (AvgIpc) is 2.56. The molecule has 134 valence electrons. The highest BCUT2D eigenvalue weighted by atomic mass is 16.8. The van der Waals surface area contributed by atoms with Gasteiger partial charge < -0.3 is 18.9 Å². The normalized spacial score (nSPS) is 22.0. The summed E-state index contributed by atoms with van der Waals surface area (Å²) < 4.78 is 20.3. The zero-order chi connectivity index (χ0) is 17.1. The Morgan fingerprint density at radius 1 is 1.04 bits per heavy atom. The van der Waals surface area contributed by atoms with Crippen molar-refractivity contribution in [1.82, 2.24) is 0 Å². The van der Waals surface area contributed by atoms with E-state index in [1.807, 2.05) is 0 Å². The summed E-state index contributed by atoms with van der Waals surface area (Å²) >= 11 is 0. The molecule has 0 saturated heterocycles. The lowest BCUT2D eigenvalue weighted by atomic mass is 9.95. The van der Waals surface area contributed by atoms with Crippen molar-refractivity contribution in [1.29, 1.82) is 0 Å². The topological polar surface area (TPSA) is 71.1 Å². The van der Waals surface area contributed by atoms with Gasteiger partial charge in [0.25, 0.3) is 0 Å². The van der Waals surface area contributed by atoms with E-state index >= 15 is 0 Å². The van der Waals surface area contributed by atoms with Gasteiger partial charge in [-0.3, -0.25) is 0 Å². The van der Waals surface area contributed by atoms with E-state index in [0.29, 0.717) is 25.4 Å². The van der Waals surface area contributed by atoms with E-state index in [1.54, 1.807) is 0 Å². The van der Waals surface area contributed by atoms with Gasteiger partial charge >= 0.3 is 12.3 Å². The minimum absolute atomic E-state index is 0.371. The Bertz CT molecular complexity index is 357. The first-order chi connectivity index (χ1) is 11.1. The van der Waals surface area contributed by atoms with Crippen LogP contribution in [0.3, 0.4) is 0 Å². The van der Waals surface area contributed by atoms with Crippen LogP contribution in [-0.4, -0.2) is 38.2 Å². The van der Waals surface area contributed by atoms with Gasteiger partial charge in [-0.05, 0) is 38.0 Å². The van der Waals surface area contributed by atoms with Crippen LogP contribution in [0.4, 0.5) is 9.59 Å². The van der Waals surface area contributed by atoms with Gasteiger partial charge in [-0.2, -0.15) is 0 Å². The molecule has 0 N–H and O–H groups in total. The summed E-state index contributed by atoms with van der Waals surface area (Å²) in [6, 6.07) is 0. The Balaban J connectivity index is 2.39. The van der Waals surface area contributed by atoms with E-state index in [9.17, 15) is 9.59 Å². The van der Waals surface area contributed by atoms with E-state index < -0.39 is 24.5 Å². The number of carbonyl (C=O) groups is 2. The highest BCUT2D eigenvalue weighted by Crippen LogP contribution is 2.25. The summed E-state index contributed by atoms with van der Waals surface area (Å²) in [5.41, 5.74) is 0. The van der Waals surface area contributed by atoms with Gasteiger partial charge in [0, 0.05) is 0 Å². The molecule has 1 aliphatic carbocycles. The van der Waals surface area contributed by atoms with E-state index in [4.69, 9.17) is 14.2 Å². The second kappa shape index (κ2) is 11.1. The number of ether oxygens (including phenoxy) is 4. The first kappa shape index (κ1) is 19.6. The highest BCUT2D eigenvalue weighted by molar-refractivity contribution is 5.61. The van der Waals surface area contributed by atoms with Gasteiger partial charge in [0.1, 0.15) is 12.2 Å². The Labute approximate surface area is 138 Å². The van der Waals surface area contributed by atoms with Crippen molar-refractivity contribution in [2.24, 2.45) is 5.92 Å². The standard InChI is InChI=1S/C17H30O6/c1-4-6-9-13(5-2)12-21-17(19)23-15-11-8-7-10-14(15)22-16(18)20-3/h13-15H,4-12H2,1-3H3. The maximum Gasteiger partial charge on any atom is 0.508 e. The molecule has 0 radical (unpaired) electrons.